The Hall–Kier alpha value is -0.640. The molecule has 0 fully saturated rings. The average molecular weight is 296 g/mol. The molecule has 1 aromatic carbocycles. The Labute approximate surface area is 109 Å². The molecule has 2 rings (SSSR count). The second-order valence-corrected chi connectivity index (χ2v) is 5.44. The molecule has 1 heterocycles. The minimum absolute atomic E-state index is 0.291. The largest absolute Gasteiger partial charge is 0.309 e. The summed E-state index contributed by atoms with van der Waals surface area (Å²) in [5.41, 5.74) is 4.02. The van der Waals surface area contributed by atoms with Crippen molar-refractivity contribution in [3.05, 3.63) is 56.2 Å². The van der Waals surface area contributed by atoms with Crippen LogP contribution in [0.25, 0.3) is 0 Å². The van der Waals surface area contributed by atoms with E-state index in [4.69, 9.17) is 0 Å². The van der Waals surface area contributed by atoms with Gasteiger partial charge in [0, 0.05) is 4.47 Å². The fraction of sp³-hybridized carbons (Fsp3) is 0.231. The molecule has 1 unspecified atom stereocenters. The molecule has 84 valence electrons. The number of halogens is 1. The van der Waals surface area contributed by atoms with Crippen molar-refractivity contribution < 1.29 is 0 Å². The van der Waals surface area contributed by atoms with Crippen molar-refractivity contribution in [3.8, 4) is 0 Å². The van der Waals surface area contributed by atoms with Crippen molar-refractivity contribution in [2.45, 2.75) is 13.0 Å². The van der Waals surface area contributed by atoms with Crippen molar-refractivity contribution in [2.24, 2.45) is 0 Å². The normalized spacial score (nSPS) is 12.7. The zero-order valence-electron chi connectivity index (χ0n) is 9.33. The fourth-order valence-electron chi connectivity index (χ4n) is 1.82. The van der Waals surface area contributed by atoms with Crippen LogP contribution in [-0.2, 0) is 0 Å². The van der Waals surface area contributed by atoms with Crippen LogP contribution in [-0.4, -0.2) is 7.05 Å². The lowest BCUT2D eigenvalue weighted by Crippen LogP contribution is -2.17. The maximum absolute atomic E-state index is 3.46. The van der Waals surface area contributed by atoms with Gasteiger partial charge in [-0.1, -0.05) is 28.1 Å². The molecule has 0 amide bonds. The Morgan fingerprint density at radius 3 is 2.38 bits per heavy atom. The van der Waals surface area contributed by atoms with Gasteiger partial charge in [0.1, 0.15) is 0 Å². The van der Waals surface area contributed by atoms with Gasteiger partial charge in [-0.15, -0.1) is 0 Å². The molecule has 2 aromatic rings. The zero-order valence-corrected chi connectivity index (χ0v) is 11.7. The van der Waals surface area contributed by atoms with Crippen molar-refractivity contribution in [2.75, 3.05) is 7.05 Å². The Morgan fingerprint density at radius 2 is 1.88 bits per heavy atom. The van der Waals surface area contributed by atoms with Crippen LogP contribution in [0.1, 0.15) is 22.7 Å². The molecule has 0 saturated carbocycles. The van der Waals surface area contributed by atoms with Gasteiger partial charge in [0.25, 0.3) is 0 Å². The van der Waals surface area contributed by atoms with Crippen molar-refractivity contribution in [3.63, 3.8) is 0 Å². The first-order chi connectivity index (χ1) is 7.72. The minimum atomic E-state index is 0.291. The highest BCUT2D eigenvalue weighted by molar-refractivity contribution is 9.10. The number of benzene rings is 1. The summed E-state index contributed by atoms with van der Waals surface area (Å²) in [6, 6.07) is 8.77. The first-order valence-electron chi connectivity index (χ1n) is 5.18. The zero-order chi connectivity index (χ0) is 11.5. The monoisotopic (exact) mass is 295 g/mol. The van der Waals surface area contributed by atoms with Gasteiger partial charge in [-0.3, -0.25) is 0 Å². The van der Waals surface area contributed by atoms with E-state index in [1.54, 1.807) is 11.3 Å². The van der Waals surface area contributed by atoms with Gasteiger partial charge in [0.05, 0.1) is 6.04 Å². The SMILES string of the molecule is CNC(c1ccc(Br)cc1)c1cscc1C. The van der Waals surface area contributed by atoms with E-state index in [0.29, 0.717) is 6.04 Å². The lowest BCUT2D eigenvalue weighted by atomic mass is 9.99. The maximum Gasteiger partial charge on any atom is 0.0585 e. The molecule has 0 radical (unpaired) electrons. The van der Waals surface area contributed by atoms with Crippen LogP contribution in [0.4, 0.5) is 0 Å². The maximum atomic E-state index is 3.46. The first-order valence-corrected chi connectivity index (χ1v) is 6.91. The molecule has 1 nitrogen and oxygen atoms in total. The van der Waals surface area contributed by atoms with Gasteiger partial charge in [0.2, 0.25) is 0 Å². The summed E-state index contributed by atoms with van der Waals surface area (Å²) in [5, 5.41) is 7.79. The van der Waals surface area contributed by atoms with Crippen LogP contribution in [0.15, 0.2) is 39.5 Å². The first kappa shape index (κ1) is 11.8. The Balaban J connectivity index is 2.37. The van der Waals surface area contributed by atoms with Crippen molar-refractivity contribution >= 4 is 27.3 Å². The van der Waals surface area contributed by atoms with Crippen molar-refractivity contribution in [1.82, 2.24) is 5.32 Å². The third-order valence-corrected chi connectivity index (χ3v) is 4.11. The molecular weight excluding hydrogens is 282 g/mol. The Bertz CT molecular complexity index is 461. The lowest BCUT2D eigenvalue weighted by molar-refractivity contribution is 0.690. The summed E-state index contributed by atoms with van der Waals surface area (Å²) >= 11 is 5.22. The highest BCUT2D eigenvalue weighted by atomic mass is 79.9. The summed E-state index contributed by atoms with van der Waals surface area (Å²) < 4.78 is 1.12. The van der Waals surface area contributed by atoms with Crippen LogP contribution < -0.4 is 5.32 Å². The van der Waals surface area contributed by atoms with Gasteiger partial charge >= 0.3 is 0 Å². The van der Waals surface area contributed by atoms with Gasteiger partial charge in [0.15, 0.2) is 0 Å². The summed E-state index contributed by atoms with van der Waals surface area (Å²) in [6.45, 7) is 2.16. The lowest BCUT2D eigenvalue weighted by Gasteiger charge is -2.17. The molecule has 0 spiro atoms. The van der Waals surface area contributed by atoms with Crippen LogP contribution in [0.2, 0.25) is 0 Å². The predicted molar refractivity (Wildman–Crippen MR) is 74.1 cm³/mol. The van der Waals surface area contributed by atoms with Crippen LogP contribution in [0.5, 0.6) is 0 Å². The van der Waals surface area contributed by atoms with E-state index in [1.165, 1.54) is 16.7 Å². The van der Waals surface area contributed by atoms with Crippen LogP contribution >= 0.6 is 27.3 Å². The third-order valence-electron chi connectivity index (χ3n) is 2.70. The molecule has 0 bridgehead atoms. The molecule has 1 aromatic heterocycles. The molecule has 1 atom stereocenters. The van der Waals surface area contributed by atoms with Crippen LogP contribution in [0.3, 0.4) is 0 Å². The quantitative estimate of drug-likeness (QED) is 0.898. The fourth-order valence-corrected chi connectivity index (χ4v) is 2.96. The average Bonchev–Trinajstić information content (AvgIpc) is 2.69. The number of rotatable bonds is 3. The van der Waals surface area contributed by atoms with Gasteiger partial charge in [-0.05, 0) is 53.6 Å². The number of hydrogen-bond donors (Lipinski definition) is 1. The summed E-state index contributed by atoms with van der Waals surface area (Å²) in [7, 11) is 2.00. The van der Waals surface area contributed by atoms with E-state index in [0.717, 1.165) is 4.47 Å². The highest BCUT2D eigenvalue weighted by Gasteiger charge is 2.14. The van der Waals surface area contributed by atoms with Gasteiger partial charge in [-0.25, -0.2) is 0 Å². The molecule has 0 saturated heterocycles. The number of aryl methyl sites for hydroxylation is 1. The summed E-state index contributed by atoms with van der Waals surface area (Å²) in [6.07, 6.45) is 0. The molecule has 16 heavy (non-hydrogen) atoms. The van der Waals surface area contributed by atoms with E-state index in [2.05, 4.69) is 63.2 Å². The van der Waals surface area contributed by atoms with Crippen LogP contribution in [0, 0.1) is 6.92 Å². The predicted octanol–water partition coefficient (Wildman–Crippen LogP) is 4.13. The van der Waals surface area contributed by atoms with Gasteiger partial charge in [-0.2, -0.15) is 11.3 Å². The standard InChI is InChI=1S/C13H14BrNS/c1-9-7-16-8-12(9)13(15-2)10-3-5-11(14)6-4-10/h3-8,13,15H,1-2H3. The van der Waals surface area contributed by atoms with E-state index in [-0.39, 0.29) is 0 Å². The highest BCUT2D eigenvalue weighted by Crippen LogP contribution is 2.27. The smallest absolute Gasteiger partial charge is 0.0585 e. The summed E-state index contributed by atoms with van der Waals surface area (Å²) in [4.78, 5) is 0. The molecule has 0 aliphatic rings. The molecular formula is C13H14BrNS. The van der Waals surface area contributed by atoms with Gasteiger partial charge < -0.3 is 5.32 Å². The minimum Gasteiger partial charge on any atom is -0.309 e. The number of hydrogen-bond acceptors (Lipinski definition) is 2. The van der Waals surface area contributed by atoms with Crippen molar-refractivity contribution in [1.29, 1.82) is 0 Å². The molecule has 1 N–H and O–H groups in total. The summed E-state index contributed by atoms with van der Waals surface area (Å²) in [5.74, 6) is 0. The molecule has 3 heteroatoms. The molecule has 0 aliphatic heterocycles. The molecule has 0 aliphatic carbocycles. The van der Waals surface area contributed by atoms with E-state index in [9.17, 15) is 0 Å². The van der Waals surface area contributed by atoms with E-state index < -0.39 is 0 Å². The topological polar surface area (TPSA) is 12.0 Å². The van der Waals surface area contributed by atoms with E-state index >= 15 is 0 Å². The number of thiophene rings is 1. The second-order valence-electron chi connectivity index (χ2n) is 3.78. The van der Waals surface area contributed by atoms with E-state index in [1.807, 2.05) is 7.05 Å². The second kappa shape index (κ2) is 5.13. The Morgan fingerprint density at radius 1 is 1.19 bits per heavy atom. The Kier molecular flexibility index (Phi) is 3.79. The third kappa shape index (κ3) is 2.37. The number of nitrogens with one attached hydrogen (secondary N) is 1.